The predicted molar refractivity (Wildman–Crippen MR) is 75.1 cm³/mol. The van der Waals surface area contributed by atoms with Crippen LogP contribution in [0.5, 0.6) is 0 Å². The van der Waals surface area contributed by atoms with Crippen LogP contribution in [0.2, 0.25) is 0 Å². The van der Waals surface area contributed by atoms with Gasteiger partial charge in [-0.15, -0.1) is 0 Å². The van der Waals surface area contributed by atoms with E-state index in [-0.39, 0.29) is 23.0 Å². The monoisotopic (exact) mass is 292 g/mol. The molecule has 0 unspecified atom stereocenters. The SMILES string of the molecule is CC(=O)N1CCCc2cc(S(=O)(=O)CCC#N)ccc21. The third-order valence-electron chi connectivity index (χ3n) is 3.39. The van der Waals surface area contributed by atoms with Crippen molar-refractivity contribution in [3.8, 4) is 6.07 Å². The van der Waals surface area contributed by atoms with Crippen LogP contribution in [-0.2, 0) is 21.1 Å². The van der Waals surface area contributed by atoms with Crippen molar-refractivity contribution >= 4 is 21.4 Å². The Morgan fingerprint density at radius 3 is 2.85 bits per heavy atom. The van der Waals surface area contributed by atoms with Crippen molar-refractivity contribution in [3.05, 3.63) is 23.8 Å². The van der Waals surface area contributed by atoms with E-state index in [9.17, 15) is 13.2 Å². The second kappa shape index (κ2) is 5.63. The molecule has 1 aliphatic heterocycles. The second-order valence-electron chi connectivity index (χ2n) is 4.79. The lowest BCUT2D eigenvalue weighted by Gasteiger charge is -2.28. The van der Waals surface area contributed by atoms with Crippen molar-refractivity contribution in [1.29, 1.82) is 5.26 Å². The fourth-order valence-electron chi connectivity index (χ4n) is 2.39. The number of benzene rings is 1. The number of anilines is 1. The number of sulfone groups is 1. The van der Waals surface area contributed by atoms with Crippen LogP contribution in [0.25, 0.3) is 0 Å². The molecule has 6 heteroatoms. The molecule has 0 atom stereocenters. The minimum atomic E-state index is -3.42. The Morgan fingerprint density at radius 2 is 2.20 bits per heavy atom. The molecule has 0 spiro atoms. The predicted octanol–water partition coefficient (Wildman–Crippen LogP) is 1.67. The zero-order valence-corrected chi connectivity index (χ0v) is 12.1. The van der Waals surface area contributed by atoms with Gasteiger partial charge in [0.25, 0.3) is 0 Å². The normalized spacial score (nSPS) is 14.5. The molecule has 2 rings (SSSR count). The molecule has 5 nitrogen and oxygen atoms in total. The molecule has 0 bridgehead atoms. The molecular weight excluding hydrogens is 276 g/mol. The molecular formula is C14H16N2O3S. The van der Waals surface area contributed by atoms with Crippen molar-refractivity contribution in [1.82, 2.24) is 0 Å². The van der Waals surface area contributed by atoms with Gasteiger partial charge in [-0.2, -0.15) is 5.26 Å². The molecule has 0 aromatic heterocycles. The van der Waals surface area contributed by atoms with E-state index >= 15 is 0 Å². The molecule has 1 amide bonds. The summed E-state index contributed by atoms with van der Waals surface area (Å²) in [6.07, 6.45) is 1.58. The molecule has 1 aliphatic rings. The number of hydrogen-bond donors (Lipinski definition) is 0. The number of carbonyl (C=O) groups excluding carboxylic acids is 1. The Labute approximate surface area is 118 Å². The van der Waals surface area contributed by atoms with Gasteiger partial charge in [-0.25, -0.2) is 8.42 Å². The lowest BCUT2D eigenvalue weighted by atomic mass is 10.0. The van der Waals surface area contributed by atoms with E-state index < -0.39 is 9.84 Å². The van der Waals surface area contributed by atoms with E-state index in [1.54, 1.807) is 17.0 Å². The summed E-state index contributed by atoms with van der Waals surface area (Å²) in [5, 5.41) is 8.51. The van der Waals surface area contributed by atoms with E-state index in [4.69, 9.17) is 5.26 Å². The van der Waals surface area contributed by atoms with Crippen molar-refractivity contribution in [2.45, 2.75) is 31.1 Å². The Kier molecular flexibility index (Phi) is 4.09. The summed E-state index contributed by atoms with van der Waals surface area (Å²) >= 11 is 0. The van der Waals surface area contributed by atoms with E-state index in [2.05, 4.69) is 0 Å². The van der Waals surface area contributed by atoms with Crippen molar-refractivity contribution in [2.24, 2.45) is 0 Å². The number of fused-ring (bicyclic) bond motifs is 1. The molecule has 1 heterocycles. The number of amides is 1. The average molecular weight is 292 g/mol. The minimum absolute atomic E-state index is 0.0149. The van der Waals surface area contributed by atoms with Gasteiger partial charge >= 0.3 is 0 Å². The number of nitrogens with zero attached hydrogens (tertiary/aromatic N) is 2. The maximum absolute atomic E-state index is 12.1. The van der Waals surface area contributed by atoms with Gasteiger partial charge < -0.3 is 4.90 Å². The van der Waals surface area contributed by atoms with Crippen LogP contribution in [0.4, 0.5) is 5.69 Å². The first-order valence-electron chi connectivity index (χ1n) is 6.46. The van der Waals surface area contributed by atoms with Crippen molar-refractivity contribution in [2.75, 3.05) is 17.2 Å². The summed E-state index contributed by atoms with van der Waals surface area (Å²) in [4.78, 5) is 13.5. The summed E-state index contributed by atoms with van der Waals surface area (Å²) in [7, 11) is -3.42. The van der Waals surface area contributed by atoms with Gasteiger partial charge in [0, 0.05) is 25.6 Å². The minimum Gasteiger partial charge on any atom is -0.312 e. The first-order valence-corrected chi connectivity index (χ1v) is 8.11. The highest BCUT2D eigenvalue weighted by Gasteiger charge is 2.22. The summed E-state index contributed by atoms with van der Waals surface area (Å²) < 4.78 is 24.1. The fraction of sp³-hybridized carbons (Fsp3) is 0.429. The van der Waals surface area contributed by atoms with Crippen molar-refractivity contribution in [3.63, 3.8) is 0 Å². The van der Waals surface area contributed by atoms with Gasteiger partial charge in [-0.1, -0.05) is 0 Å². The Balaban J connectivity index is 2.38. The molecule has 1 aromatic rings. The topological polar surface area (TPSA) is 78.2 Å². The molecule has 0 fully saturated rings. The van der Waals surface area contributed by atoms with E-state index in [1.807, 2.05) is 6.07 Å². The molecule has 20 heavy (non-hydrogen) atoms. The van der Waals surface area contributed by atoms with Crippen molar-refractivity contribution < 1.29 is 13.2 Å². The van der Waals surface area contributed by atoms with Gasteiger partial charge in [0.2, 0.25) is 5.91 Å². The smallest absolute Gasteiger partial charge is 0.223 e. The Hall–Kier alpha value is -1.87. The number of nitriles is 1. The van der Waals surface area contributed by atoms with E-state index in [0.717, 1.165) is 24.1 Å². The molecule has 0 aliphatic carbocycles. The summed E-state index contributed by atoms with van der Waals surface area (Å²) in [5.41, 5.74) is 1.67. The lowest BCUT2D eigenvalue weighted by Crippen LogP contribution is -2.33. The maximum atomic E-state index is 12.1. The van der Waals surface area contributed by atoms with E-state index in [0.29, 0.717) is 6.54 Å². The molecule has 0 saturated heterocycles. The van der Waals surface area contributed by atoms with Gasteiger partial charge in [0.05, 0.1) is 16.7 Å². The van der Waals surface area contributed by atoms with Gasteiger partial charge in [0.15, 0.2) is 9.84 Å². The van der Waals surface area contributed by atoms with Crippen LogP contribution < -0.4 is 4.90 Å². The first kappa shape index (κ1) is 14.5. The molecule has 106 valence electrons. The zero-order chi connectivity index (χ0) is 14.8. The highest BCUT2D eigenvalue weighted by molar-refractivity contribution is 7.91. The van der Waals surface area contributed by atoms with Gasteiger partial charge in [-0.05, 0) is 36.6 Å². The second-order valence-corrected chi connectivity index (χ2v) is 6.90. The fourth-order valence-corrected chi connectivity index (χ4v) is 3.58. The molecule has 0 saturated carbocycles. The highest BCUT2D eigenvalue weighted by Crippen LogP contribution is 2.29. The first-order chi connectivity index (χ1) is 9.45. The Bertz CT molecular complexity index is 674. The maximum Gasteiger partial charge on any atom is 0.223 e. The largest absolute Gasteiger partial charge is 0.312 e. The molecule has 0 radical (unpaired) electrons. The summed E-state index contributed by atoms with van der Waals surface area (Å²) in [5.74, 6) is -0.204. The summed E-state index contributed by atoms with van der Waals surface area (Å²) in [6, 6.07) is 6.69. The quantitative estimate of drug-likeness (QED) is 0.849. The molecule has 0 N–H and O–H groups in total. The zero-order valence-electron chi connectivity index (χ0n) is 11.3. The highest BCUT2D eigenvalue weighted by atomic mass is 32.2. The number of aryl methyl sites for hydroxylation is 1. The standard InChI is InChI=1S/C14H16N2O3S/c1-11(17)16-8-2-4-12-10-13(5-6-14(12)16)20(18,19)9-3-7-15/h5-6,10H,2-4,8-9H2,1H3. The van der Waals surface area contributed by atoms with Crippen LogP contribution in [0.15, 0.2) is 23.1 Å². The number of rotatable bonds is 3. The van der Waals surface area contributed by atoms with Crippen LogP contribution in [0.1, 0.15) is 25.3 Å². The number of hydrogen-bond acceptors (Lipinski definition) is 4. The van der Waals surface area contributed by atoms with Crippen LogP contribution in [0.3, 0.4) is 0 Å². The van der Waals surface area contributed by atoms with Crippen LogP contribution in [-0.4, -0.2) is 26.6 Å². The van der Waals surface area contributed by atoms with E-state index in [1.165, 1.54) is 13.0 Å². The third-order valence-corrected chi connectivity index (χ3v) is 5.11. The lowest BCUT2D eigenvalue weighted by molar-refractivity contribution is -0.116. The van der Waals surface area contributed by atoms with Crippen LogP contribution in [0, 0.1) is 11.3 Å². The average Bonchev–Trinajstić information content (AvgIpc) is 2.43. The Morgan fingerprint density at radius 1 is 1.45 bits per heavy atom. The number of carbonyl (C=O) groups is 1. The van der Waals surface area contributed by atoms with Gasteiger partial charge in [0.1, 0.15) is 0 Å². The summed E-state index contributed by atoms with van der Waals surface area (Å²) in [6.45, 7) is 2.18. The third kappa shape index (κ3) is 2.83. The van der Waals surface area contributed by atoms with Gasteiger partial charge in [-0.3, -0.25) is 4.79 Å². The van der Waals surface area contributed by atoms with Crippen LogP contribution >= 0.6 is 0 Å². The molecule has 1 aromatic carbocycles.